The fourth-order valence-corrected chi connectivity index (χ4v) is 2.85. The molecule has 0 aromatic carbocycles. The van der Waals surface area contributed by atoms with Crippen molar-refractivity contribution in [2.24, 2.45) is 5.92 Å². The van der Waals surface area contributed by atoms with Crippen LogP contribution in [0.2, 0.25) is 0 Å². The van der Waals surface area contributed by atoms with Gasteiger partial charge in [0.1, 0.15) is 5.78 Å². The molecule has 17 heavy (non-hydrogen) atoms. The number of hydrogen-bond donors (Lipinski definition) is 0. The predicted molar refractivity (Wildman–Crippen MR) is 67.1 cm³/mol. The second-order valence-electron chi connectivity index (χ2n) is 5.49. The average Bonchev–Trinajstić information content (AvgIpc) is 2.32. The van der Waals surface area contributed by atoms with Crippen LogP contribution in [0.1, 0.15) is 19.3 Å². The van der Waals surface area contributed by atoms with Gasteiger partial charge in [-0.25, -0.2) is 0 Å². The van der Waals surface area contributed by atoms with Crippen molar-refractivity contribution in [3.05, 3.63) is 0 Å². The van der Waals surface area contributed by atoms with Crippen LogP contribution < -0.4 is 0 Å². The Morgan fingerprint density at radius 3 is 3.06 bits per heavy atom. The monoisotopic (exact) mass is 240 g/mol. The molecule has 98 valence electrons. The Labute approximate surface area is 104 Å². The van der Waals surface area contributed by atoms with E-state index in [1.807, 2.05) is 0 Å². The third kappa shape index (κ3) is 3.50. The lowest BCUT2D eigenvalue weighted by atomic mass is 9.98. The average molecular weight is 240 g/mol. The van der Waals surface area contributed by atoms with Crippen LogP contribution in [0.15, 0.2) is 0 Å². The summed E-state index contributed by atoms with van der Waals surface area (Å²) in [7, 11) is 4.32. The molecule has 2 heterocycles. The summed E-state index contributed by atoms with van der Waals surface area (Å²) < 4.78 is 5.40. The zero-order chi connectivity index (χ0) is 12.3. The van der Waals surface area contributed by atoms with Crippen molar-refractivity contribution >= 4 is 5.78 Å². The molecule has 2 saturated heterocycles. The van der Waals surface area contributed by atoms with Gasteiger partial charge in [0.2, 0.25) is 0 Å². The van der Waals surface area contributed by atoms with Crippen molar-refractivity contribution in [2.45, 2.75) is 25.3 Å². The Kier molecular flexibility index (Phi) is 4.54. The number of rotatable bonds is 3. The summed E-state index contributed by atoms with van der Waals surface area (Å²) >= 11 is 0. The van der Waals surface area contributed by atoms with Crippen LogP contribution in [0.4, 0.5) is 0 Å². The van der Waals surface area contributed by atoms with Crippen molar-refractivity contribution < 1.29 is 9.53 Å². The highest BCUT2D eigenvalue weighted by Crippen LogP contribution is 2.17. The lowest BCUT2D eigenvalue weighted by Gasteiger charge is -2.37. The standard InChI is InChI=1S/C13H24N2O2/c1-14-6-3-4-12(9-14)15(2)8-11-10-17-7-5-13(11)16/h11-12H,3-10H2,1-2H3. The van der Waals surface area contributed by atoms with Gasteiger partial charge >= 0.3 is 0 Å². The minimum atomic E-state index is 0.0981. The van der Waals surface area contributed by atoms with Gasteiger partial charge in [0, 0.05) is 25.6 Å². The fraction of sp³-hybridized carbons (Fsp3) is 0.923. The third-order valence-corrected chi connectivity index (χ3v) is 4.00. The molecule has 2 atom stereocenters. The molecule has 0 spiro atoms. The van der Waals surface area contributed by atoms with E-state index in [1.165, 1.54) is 19.4 Å². The van der Waals surface area contributed by atoms with Gasteiger partial charge in [0.05, 0.1) is 19.1 Å². The molecular weight excluding hydrogens is 216 g/mol. The zero-order valence-electron chi connectivity index (χ0n) is 11.0. The number of ether oxygens (including phenoxy) is 1. The van der Waals surface area contributed by atoms with Crippen LogP contribution in [-0.2, 0) is 9.53 Å². The molecule has 0 aliphatic carbocycles. The molecule has 4 heteroatoms. The topological polar surface area (TPSA) is 32.8 Å². The van der Waals surface area contributed by atoms with E-state index in [2.05, 4.69) is 23.9 Å². The van der Waals surface area contributed by atoms with Gasteiger partial charge in [-0.15, -0.1) is 0 Å². The maximum Gasteiger partial charge on any atom is 0.141 e. The molecule has 0 N–H and O–H groups in total. The van der Waals surface area contributed by atoms with Crippen LogP contribution >= 0.6 is 0 Å². The van der Waals surface area contributed by atoms with Gasteiger partial charge in [-0.3, -0.25) is 4.79 Å². The van der Waals surface area contributed by atoms with Gasteiger partial charge in [0.25, 0.3) is 0 Å². The molecule has 0 aromatic rings. The smallest absolute Gasteiger partial charge is 0.141 e. The molecule has 2 rings (SSSR count). The van der Waals surface area contributed by atoms with Crippen molar-refractivity contribution in [1.29, 1.82) is 0 Å². The lowest BCUT2D eigenvalue weighted by Crippen LogP contribution is -2.48. The van der Waals surface area contributed by atoms with Crippen LogP contribution in [-0.4, -0.2) is 68.6 Å². The van der Waals surface area contributed by atoms with E-state index in [0.717, 1.165) is 13.1 Å². The molecule has 0 radical (unpaired) electrons. The van der Waals surface area contributed by atoms with E-state index in [9.17, 15) is 4.79 Å². The maximum atomic E-state index is 11.8. The highest BCUT2D eigenvalue weighted by molar-refractivity contribution is 5.82. The normalized spacial score (nSPS) is 32.1. The summed E-state index contributed by atoms with van der Waals surface area (Å²) in [6.07, 6.45) is 3.12. The minimum Gasteiger partial charge on any atom is -0.380 e. The summed E-state index contributed by atoms with van der Waals surface area (Å²) in [5.41, 5.74) is 0. The van der Waals surface area contributed by atoms with E-state index >= 15 is 0 Å². The van der Waals surface area contributed by atoms with Crippen molar-refractivity contribution in [1.82, 2.24) is 9.80 Å². The molecule has 2 unspecified atom stereocenters. The highest BCUT2D eigenvalue weighted by atomic mass is 16.5. The van der Waals surface area contributed by atoms with Crippen LogP contribution in [0.25, 0.3) is 0 Å². The van der Waals surface area contributed by atoms with Gasteiger partial charge in [-0.05, 0) is 33.5 Å². The zero-order valence-corrected chi connectivity index (χ0v) is 11.0. The Morgan fingerprint density at radius 2 is 2.35 bits per heavy atom. The van der Waals surface area contributed by atoms with Crippen molar-refractivity contribution in [2.75, 3.05) is 46.9 Å². The number of carbonyl (C=O) groups is 1. The van der Waals surface area contributed by atoms with E-state index in [4.69, 9.17) is 4.74 Å². The van der Waals surface area contributed by atoms with Crippen molar-refractivity contribution in [3.63, 3.8) is 0 Å². The summed E-state index contributed by atoms with van der Waals surface area (Å²) in [4.78, 5) is 16.5. The summed E-state index contributed by atoms with van der Waals surface area (Å²) in [5, 5.41) is 0. The van der Waals surface area contributed by atoms with Crippen LogP contribution in [0, 0.1) is 5.92 Å². The van der Waals surface area contributed by atoms with Crippen LogP contribution in [0.5, 0.6) is 0 Å². The summed E-state index contributed by atoms with van der Waals surface area (Å²) in [5.74, 6) is 0.480. The molecule has 0 saturated carbocycles. The fourth-order valence-electron chi connectivity index (χ4n) is 2.85. The second kappa shape index (κ2) is 5.94. The molecule has 0 amide bonds. The number of nitrogens with zero attached hydrogens (tertiary/aromatic N) is 2. The highest BCUT2D eigenvalue weighted by Gasteiger charge is 2.28. The van der Waals surface area contributed by atoms with E-state index in [0.29, 0.717) is 31.5 Å². The lowest BCUT2D eigenvalue weighted by molar-refractivity contribution is -0.131. The molecule has 0 aromatic heterocycles. The number of ketones is 1. The van der Waals surface area contributed by atoms with Crippen molar-refractivity contribution in [3.8, 4) is 0 Å². The first-order valence-corrected chi connectivity index (χ1v) is 6.66. The summed E-state index contributed by atoms with van der Waals surface area (Å²) in [6.45, 7) is 4.42. The Bertz CT molecular complexity index is 270. The largest absolute Gasteiger partial charge is 0.380 e. The number of hydrogen-bond acceptors (Lipinski definition) is 4. The number of Topliss-reactive ketones (excluding diaryl/α,β-unsaturated/α-hetero) is 1. The molecule has 4 nitrogen and oxygen atoms in total. The molecule has 0 bridgehead atoms. The van der Waals surface area contributed by atoms with Gasteiger partial charge < -0.3 is 14.5 Å². The quantitative estimate of drug-likeness (QED) is 0.724. The molecular formula is C13H24N2O2. The maximum absolute atomic E-state index is 11.8. The number of likely N-dealkylation sites (N-methyl/N-ethyl adjacent to an activating group) is 2. The molecule has 2 aliphatic rings. The first-order chi connectivity index (χ1) is 8.16. The van der Waals surface area contributed by atoms with Crippen LogP contribution in [0.3, 0.4) is 0 Å². The number of carbonyl (C=O) groups excluding carboxylic acids is 1. The number of likely N-dealkylation sites (tertiary alicyclic amines) is 1. The SMILES string of the molecule is CN1CCCC(N(C)CC2COCCC2=O)C1. The van der Waals surface area contributed by atoms with Gasteiger partial charge in [-0.1, -0.05) is 0 Å². The van der Waals surface area contributed by atoms with E-state index < -0.39 is 0 Å². The number of piperidine rings is 1. The molecule has 2 fully saturated rings. The minimum absolute atomic E-state index is 0.0981. The third-order valence-electron chi connectivity index (χ3n) is 4.00. The Hall–Kier alpha value is -0.450. The second-order valence-corrected chi connectivity index (χ2v) is 5.49. The first kappa shape index (κ1) is 13.0. The Balaban J connectivity index is 1.82. The summed E-state index contributed by atoms with van der Waals surface area (Å²) in [6, 6.07) is 0.600. The first-order valence-electron chi connectivity index (χ1n) is 6.66. The van der Waals surface area contributed by atoms with E-state index in [-0.39, 0.29) is 5.92 Å². The van der Waals surface area contributed by atoms with E-state index in [1.54, 1.807) is 0 Å². The molecule has 2 aliphatic heterocycles. The Morgan fingerprint density at radius 1 is 1.53 bits per heavy atom. The van der Waals surface area contributed by atoms with Gasteiger partial charge in [0.15, 0.2) is 0 Å². The van der Waals surface area contributed by atoms with Gasteiger partial charge in [-0.2, -0.15) is 0 Å². The predicted octanol–water partition coefficient (Wildman–Crippen LogP) is 0.618.